The average Bonchev–Trinajstić information content (AvgIpc) is 3.33. The highest BCUT2D eigenvalue weighted by atomic mass is 16.6. The van der Waals surface area contributed by atoms with Crippen LogP contribution >= 0.6 is 0 Å². The zero-order valence-corrected chi connectivity index (χ0v) is 18.4. The van der Waals surface area contributed by atoms with Crippen molar-refractivity contribution in [3.05, 3.63) is 54.1 Å². The number of para-hydroxylation sites is 1. The van der Waals surface area contributed by atoms with Crippen LogP contribution in [0.3, 0.4) is 0 Å². The predicted octanol–water partition coefficient (Wildman–Crippen LogP) is 4.45. The number of nitrogens with zero attached hydrogens (tertiary/aromatic N) is 1. The van der Waals surface area contributed by atoms with Crippen LogP contribution in [0.5, 0.6) is 11.5 Å². The van der Waals surface area contributed by atoms with Crippen molar-refractivity contribution in [1.82, 2.24) is 15.5 Å². The molecular weight excluding hydrogens is 406 g/mol. The zero-order chi connectivity index (χ0) is 22.2. The van der Waals surface area contributed by atoms with E-state index in [0.717, 1.165) is 59.9 Å². The van der Waals surface area contributed by atoms with Gasteiger partial charge in [0.25, 0.3) is 5.91 Å². The van der Waals surface area contributed by atoms with Crippen molar-refractivity contribution in [1.29, 1.82) is 0 Å². The molecule has 1 aromatic heterocycles. The van der Waals surface area contributed by atoms with Crippen molar-refractivity contribution in [2.75, 3.05) is 33.0 Å². The van der Waals surface area contributed by atoms with Gasteiger partial charge in [-0.3, -0.25) is 9.89 Å². The molecule has 7 nitrogen and oxygen atoms in total. The van der Waals surface area contributed by atoms with Gasteiger partial charge in [-0.15, -0.1) is 0 Å². The lowest BCUT2D eigenvalue weighted by Crippen LogP contribution is -2.25. The van der Waals surface area contributed by atoms with Crippen molar-refractivity contribution < 1.29 is 19.0 Å². The quantitative estimate of drug-likeness (QED) is 0.460. The zero-order valence-electron chi connectivity index (χ0n) is 18.4. The van der Waals surface area contributed by atoms with E-state index in [4.69, 9.17) is 14.2 Å². The first-order chi connectivity index (χ1) is 15.8. The van der Waals surface area contributed by atoms with Crippen LogP contribution in [0.4, 0.5) is 0 Å². The molecule has 168 valence electrons. The molecule has 0 fully saturated rings. The minimum atomic E-state index is -0.0825. The average molecular weight is 436 g/mol. The van der Waals surface area contributed by atoms with Gasteiger partial charge in [-0.25, -0.2) is 0 Å². The lowest BCUT2D eigenvalue weighted by atomic mass is 10.1. The Labute approximate surface area is 188 Å². The minimum absolute atomic E-state index is 0.0825. The van der Waals surface area contributed by atoms with Crippen LogP contribution in [-0.2, 0) is 4.74 Å². The Kier molecular flexibility index (Phi) is 7.40. The lowest BCUT2D eigenvalue weighted by molar-refractivity contribution is 0.0940. The molecular formula is C25H29N3O4. The molecule has 2 aromatic carbocycles. The lowest BCUT2D eigenvalue weighted by Gasteiger charge is -2.20. The van der Waals surface area contributed by atoms with E-state index in [1.807, 2.05) is 48.5 Å². The van der Waals surface area contributed by atoms with Gasteiger partial charge in [0.15, 0.2) is 11.5 Å². The third-order valence-electron chi connectivity index (χ3n) is 5.27. The number of benzene rings is 2. The first-order valence-electron chi connectivity index (χ1n) is 11.2. The summed E-state index contributed by atoms with van der Waals surface area (Å²) in [6, 6.07) is 15.2. The molecule has 0 saturated carbocycles. The molecule has 0 bridgehead atoms. The topological polar surface area (TPSA) is 85.5 Å². The highest BCUT2D eigenvalue weighted by Crippen LogP contribution is 2.39. The maximum Gasteiger partial charge on any atom is 0.251 e. The van der Waals surface area contributed by atoms with Crippen molar-refractivity contribution in [2.24, 2.45) is 0 Å². The second-order valence-electron chi connectivity index (χ2n) is 7.65. The number of amides is 1. The van der Waals surface area contributed by atoms with Gasteiger partial charge in [-0.05, 0) is 43.2 Å². The fraction of sp³-hybridized carbons (Fsp3) is 0.360. The smallest absolute Gasteiger partial charge is 0.251 e. The molecule has 2 heterocycles. The summed E-state index contributed by atoms with van der Waals surface area (Å²) in [5, 5.41) is 10.5. The van der Waals surface area contributed by atoms with E-state index in [1.54, 1.807) is 0 Å². The number of rotatable bonds is 10. The van der Waals surface area contributed by atoms with Crippen molar-refractivity contribution in [2.45, 2.75) is 26.2 Å². The summed E-state index contributed by atoms with van der Waals surface area (Å²) in [5.74, 6) is 1.39. The Balaban J connectivity index is 1.35. The molecule has 7 heteroatoms. The van der Waals surface area contributed by atoms with Gasteiger partial charge >= 0.3 is 0 Å². The molecule has 1 aliphatic rings. The van der Waals surface area contributed by atoms with Gasteiger partial charge in [-0.1, -0.05) is 31.5 Å². The summed E-state index contributed by atoms with van der Waals surface area (Å²) in [7, 11) is 0. The van der Waals surface area contributed by atoms with E-state index < -0.39 is 0 Å². The Morgan fingerprint density at radius 3 is 2.75 bits per heavy atom. The van der Waals surface area contributed by atoms with Crippen LogP contribution in [0.15, 0.2) is 48.5 Å². The molecule has 0 radical (unpaired) electrons. The fourth-order valence-corrected chi connectivity index (χ4v) is 3.51. The molecule has 2 N–H and O–H groups in total. The maximum absolute atomic E-state index is 12.4. The predicted molar refractivity (Wildman–Crippen MR) is 123 cm³/mol. The van der Waals surface area contributed by atoms with Gasteiger partial charge < -0.3 is 19.5 Å². The standard InChI is InChI=1S/C25H29N3O4/c1-2-3-13-30-14-5-12-26-25(29)19-10-8-18(9-11-19)21-17-22(28-27-21)20-6-4-7-23-24(20)32-16-15-31-23/h4,6-11,17H,2-3,5,12-16H2,1H3,(H,26,29)(H,27,28). The van der Waals surface area contributed by atoms with E-state index >= 15 is 0 Å². The Morgan fingerprint density at radius 2 is 1.91 bits per heavy atom. The van der Waals surface area contributed by atoms with Gasteiger partial charge in [0, 0.05) is 36.4 Å². The van der Waals surface area contributed by atoms with Gasteiger partial charge in [0.05, 0.1) is 11.4 Å². The molecule has 0 unspecified atom stereocenters. The number of carbonyl (C=O) groups excluding carboxylic acids is 1. The van der Waals surface area contributed by atoms with Gasteiger partial charge in [0.1, 0.15) is 13.2 Å². The summed E-state index contributed by atoms with van der Waals surface area (Å²) in [6.07, 6.45) is 3.01. The highest BCUT2D eigenvalue weighted by Gasteiger charge is 2.18. The van der Waals surface area contributed by atoms with E-state index in [1.165, 1.54) is 0 Å². The minimum Gasteiger partial charge on any atom is -0.486 e. The SMILES string of the molecule is CCCCOCCCNC(=O)c1ccc(-c2cc(-c3cccc4c3OCCO4)[nH]n2)cc1. The number of hydrogen-bond acceptors (Lipinski definition) is 5. The number of nitrogens with one attached hydrogen (secondary N) is 2. The monoisotopic (exact) mass is 435 g/mol. The van der Waals surface area contributed by atoms with Crippen molar-refractivity contribution in [3.63, 3.8) is 0 Å². The molecule has 32 heavy (non-hydrogen) atoms. The number of aromatic amines is 1. The summed E-state index contributed by atoms with van der Waals surface area (Å²) in [4.78, 5) is 12.4. The number of fused-ring (bicyclic) bond motifs is 1. The second-order valence-corrected chi connectivity index (χ2v) is 7.65. The second kappa shape index (κ2) is 10.8. The number of ether oxygens (including phenoxy) is 3. The van der Waals surface area contributed by atoms with Crippen LogP contribution < -0.4 is 14.8 Å². The molecule has 0 atom stereocenters. The number of unbranched alkanes of at least 4 members (excludes halogenated alkanes) is 1. The summed E-state index contributed by atoms with van der Waals surface area (Å²) < 4.78 is 17.0. The van der Waals surface area contributed by atoms with Crippen LogP contribution in [0.25, 0.3) is 22.5 Å². The number of H-pyrrole nitrogens is 1. The van der Waals surface area contributed by atoms with Crippen LogP contribution in [-0.4, -0.2) is 49.1 Å². The third kappa shape index (κ3) is 5.29. The fourth-order valence-electron chi connectivity index (χ4n) is 3.51. The maximum atomic E-state index is 12.4. The van der Waals surface area contributed by atoms with Crippen molar-refractivity contribution in [3.8, 4) is 34.0 Å². The molecule has 3 aromatic rings. The van der Waals surface area contributed by atoms with Gasteiger partial charge in [0.2, 0.25) is 0 Å². The Bertz CT molecular complexity index is 1030. The highest BCUT2D eigenvalue weighted by molar-refractivity contribution is 5.94. The van der Waals surface area contributed by atoms with Crippen LogP contribution in [0.1, 0.15) is 36.5 Å². The molecule has 4 rings (SSSR count). The van der Waals surface area contributed by atoms with Gasteiger partial charge in [-0.2, -0.15) is 5.10 Å². The molecule has 1 aliphatic heterocycles. The number of aromatic nitrogens is 2. The summed E-state index contributed by atoms with van der Waals surface area (Å²) in [5.41, 5.74) is 4.11. The van der Waals surface area contributed by atoms with E-state index in [9.17, 15) is 4.79 Å². The first kappa shape index (κ1) is 21.9. The first-order valence-corrected chi connectivity index (χ1v) is 11.2. The van der Waals surface area contributed by atoms with Crippen molar-refractivity contribution >= 4 is 5.91 Å². The molecule has 0 saturated heterocycles. The van der Waals surface area contributed by atoms with Crippen LogP contribution in [0.2, 0.25) is 0 Å². The normalized spacial score (nSPS) is 12.5. The van der Waals surface area contributed by atoms with E-state index in [0.29, 0.717) is 31.9 Å². The third-order valence-corrected chi connectivity index (χ3v) is 5.27. The van der Waals surface area contributed by atoms with E-state index in [2.05, 4.69) is 22.4 Å². The molecule has 1 amide bonds. The van der Waals surface area contributed by atoms with E-state index in [-0.39, 0.29) is 5.91 Å². The Hall–Kier alpha value is -3.32. The summed E-state index contributed by atoms with van der Waals surface area (Å²) in [6.45, 7) is 5.27. The molecule has 0 spiro atoms. The number of carbonyl (C=O) groups is 1. The largest absolute Gasteiger partial charge is 0.486 e. The Morgan fingerprint density at radius 1 is 1.09 bits per heavy atom. The number of hydrogen-bond donors (Lipinski definition) is 2. The summed E-state index contributed by atoms with van der Waals surface area (Å²) >= 11 is 0. The molecule has 0 aliphatic carbocycles. The van der Waals surface area contributed by atoms with Crippen LogP contribution in [0, 0.1) is 0 Å².